The summed E-state index contributed by atoms with van der Waals surface area (Å²) in [5.74, 6) is -2.19. The number of halogens is 3. The van der Waals surface area contributed by atoms with Crippen LogP contribution < -0.4 is 15.4 Å². The Hall–Kier alpha value is -4.35. The number of nitrogens with one attached hydrogen (secondary N) is 2. The van der Waals surface area contributed by atoms with Crippen LogP contribution in [0, 0.1) is 0 Å². The number of benzene rings is 2. The molecule has 3 rings (SSSR count). The van der Waals surface area contributed by atoms with Crippen LogP contribution in [0.15, 0.2) is 60.8 Å². The van der Waals surface area contributed by atoms with E-state index >= 15 is 0 Å². The summed E-state index contributed by atoms with van der Waals surface area (Å²) in [6.07, 6.45) is -4.02. The SMILES string of the molecule is CCOc1ccc(C(=O)NC[C@H](NC(=O)c2cn(-c3ccccc3)nc2C(F)(F)F)C(=O)OC)cc1. The molecule has 0 spiro atoms. The van der Waals surface area contributed by atoms with E-state index in [9.17, 15) is 27.6 Å². The minimum Gasteiger partial charge on any atom is -0.494 e. The average Bonchev–Trinajstić information content (AvgIpc) is 3.33. The number of hydrogen-bond donors (Lipinski definition) is 2. The van der Waals surface area contributed by atoms with Crippen LogP contribution in [0.2, 0.25) is 0 Å². The van der Waals surface area contributed by atoms with Gasteiger partial charge in [-0.05, 0) is 43.3 Å². The molecule has 0 fully saturated rings. The fourth-order valence-electron chi connectivity index (χ4n) is 3.20. The van der Waals surface area contributed by atoms with Gasteiger partial charge in [-0.3, -0.25) is 9.59 Å². The summed E-state index contributed by atoms with van der Waals surface area (Å²) < 4.78 is 51.7. The van der Waals surface area contributed by atoms with E-state index in [1.807, 2.05) is 6.92 Å². The first-order valence-electron chi connectivity index (χ1n) is 10.8. The van der Waals surface area contributed by atoms with Gasteiger partial charge < -0.3 is 20.1 Å². The Morgan fingerprint density at radius 3 is 2.28 bits per heavy atom. The molecule has 0 saturated heterocycles. The van der Waals surface area contributed by atoms with E-state index in [1.165, 1.54) is 24.3 Å². The third-order valence-electron chi connectivity index (χ3n) is 4.93. The number of rotatable bonds is 9. The van der Waals surface area contributed by atoms with Gasteiger partial charge in [0.15, 0.2) is 5.69 Å². The summed E-state index contributed by atoms with van der Waals surface area (Å²) >= 11 is 0. The number of carbonyl (C=O) groups is 3. The van der Waals surface area contributed by atoms with Gasteiger partial charge >= 0.3 is 12.1 Å². The van der Waals surface area contributed by atoms with E-state index in [-0.39, 0.29) is 5.56 Å². The van der Waals surface area contributed by atoms with E-state index in [2.05, 4.69) is 20.5 Å². The van der Waals surface area contributed by atoms with Crippen LogP contribution in [0.5, 0.6) is 5.75 Å². The molecule has 0 saturated carbocycles. The third-order valence-corrected chi connectivity index (χ3v) is 4.93. The lowest BCUT2D eigenvalue weighted by Gasteiger charge is -2.17. The Kier molecular flexibility index (Phi) is 8.30. The highest BCUT2D eigenvalue weighted by atomic mass is 19.4. The molecular formula is C24H23F3N4O5. The number of hydrogen-bond acceptors (Lipinski definition) is 6. The molecule has 1 atom stereocenters. The quantitative estimate of drug-likeness (QED) is 0.434. The van der Waals surface area contributed by atoms with Crippen LogP contribution in [-0.2, 0) is 15.7 Å². The standard InChI is InChI=1S/C24H23F3N4O5/c1-3-36-17-11-9-15(10-12-17)21(32)28-13-19(23(34)35-2)29-22(33)18-14-31(16-7-5-4-6-8-16)30-20(18)24(25,26)27/h4-12,14,19H,3,13H2,1-2H3,(H,28,32)(H,29,33)/t19-/m0/s1. The predicted molar refractivity (Wildman–Crippen MR) is 122 cm³/mol. The van der Waals surface area contributed by atoms with Crippen LogP contribution in [0.1, 0.15) is 33.3 Å². The molecule has 0 aliphatic heterocycles. The van der Waals surface area contributed by atoms with E-state index in [0.717, 1.165) is 18.0 Å². The minimum absolute atomic E-state index is 0.247. The number of alkyl halides is 3. The first-order chi connectivity index (χ1) is 17.1. The lowest BCUT2D eigenvalue weighted by molar-refractivity contribution is -0.142. The number of amides is 2. The summed E-state index contributed by atoms with van der Waals surface area (Å²) in [4.78, 5) is 37.5. The monoisotopic (exact) mass is 504 g/mol. The van der Waals surface area contributed by atoms with Crippen LogP contribution >= 0.6 is 0 Å². The summed E-state index contributed by atoms with van der Waals surface area (Å²) in [7, 11) is 1.05. The molecule has 0 aliphatic carbocycles. The Morgan fingerprint density at radius 1 is 1.03 bits per heavy atom. The highest BCUT2D eigenvalue weighted by Crippen LogP contribution is 2.31. The van der Waals surface area contributed by atoms with Crippen LogP contribution in [0.25, 0.3) is 5.69 Å². The van der Waals surface area contributed by atoms with Gasteiger partial charge in [0.1, 0.15) is 11.8 Å². The zero-order valence-corrected chi connectivity index (χ0v) is 19.3. The molecule has 2 amide bonds. The Balaban J connectivity index is 1.77. The molecule has 0 unspecified atom stereocenters. The maximum atomic E-state index is 13.6. The van der Waals surface area contributed by atoms with Crippen molar-refractivity contribution < 1.29 is 37.0 Å². The number of nitrogens with zero attached hydrogens (tertiary/aromatic N) is 2. The van der Waals surface area contributed by atoms with Gasteiger partial charge in [0, 0.05) is 18.3 Å². The van der Waals surface area contributed by atoms with E-state index in [4.69, 9.17) is 4.74 Å². The lowest BCUT2D eigenvalue weighted by Crippen LogP contribution is -2.49. The van der Waals surface area contributed by atoms with Crippen molar-refractivity contribution in [1.29, 1.82) is 0 Å². The largest absolute Gasteiger partial charge is 0.494 e. The fourth-order valence-corrected chi connectivity index (χ4v) is 3.20. The minimum atomic E-state index is -4.94. The molecule has 2 aromatic carbocycles. The van der Waals surface area contributed by atoms with Gasteiger partial charge in [0.25, 0.3) is 11.8 Å². The second-order valence-electron chi connectivity index (χ2n) is 7.39. The highest BCUT2D eigenvalue weighted by Gasteiger charge is 2.40. The van der Waals surface area contributed by atoms with Crippen LogP contribution in [0.4, 0.5) is 13.2 Å². The molecule has 9 nitrogen and oxygen atoms in total. The molecular weight excluding hydrogens is 481 g/mol. The molecule has 0 aliphatic rings. The van der Waals surface area contributed by atoms with Gasteiger partial charge in [-0.25, -0.2) is 9.48 Å². The zero-order valence-electron chi connectivity index (χ0n) is 19.3. The van der Waals surface area contributed by atoms with Gasteiger partial charge in [0.2, 0.25) is 0 Å². The summed E-state index contributed by atoms with van der Waals surface area (Å²) in [5, 5.41) is 8.17. The van der Waals surface area contributed by atoms with Crippen molar-refractivity contribution in [2.75, 3.05) is 20.3 Å². The first kappa shape index (κ1) is 26.3. The van der Waals surface area contributed by atoms with E-state index in [1.54, 1.807) is 30.3 Å². The number of methoxy groups -OCH3 is 1. The Morgan fingerprint density at radius 2 is 1.69 bits per heavy atom. The number of aromatic nitrogens is 2. The number of ether oxygens (including phenoxy) is 2. The smallest absolute Gasteiger partial charge is 0.435 e. The van der Waals surface area contributed by atoms with Gasteiger partial charge in [0.05, 0.1) is 25.0 Å². The fraction of sp³-hybridized carbons (Fsp3) is 0.250. The molecule has 2 N–H and O–H groups in total. The van der Waals surface area contributed by atoms with Crippen molar-refractivity contribution in [3.63, 3.8) is 0 Å². The molecule has 0 radical (unpaired) electrons. The third kappa shape index (κ3) is 6.40. The molecule has 12 heteroatoms. The molecule has 3 aromatic rings. The van der Waals surface area contributed by atoms with Crippen molar-refractivity contribution >= 4 is 17.8 Å². The molecule has 1 heterocycles. The molecule has 1 aromatic heterocycles. The summed E-state index contributed by atoms with van der Waals surface area (Å²) in [5.41, 5.74) is -1.67. The maximum Gasteiger partial charge on any atom is 0.435 e. The van der Waals surface area contributed by atoms with Gasteiger partial charge in [-0.2, -0.15) is 18.3 Å². The molecule has 190 valence electrons. The average molecular weight is 504 g/mol. The van der Waals surface area contributed by atoms with Crippen molar-refractivity contribution in [1.82, 2.24) is 20.4 Å². The topological polar surface area (TPSA) is 112 Å². The van der Waals surface area contributed by atoms with Crippen LogP contribution in [-0.4, -0.2) is 53.9 Å². The van der Waals surface area contributed by atoms with Gasteiger partial charge in [-0.1, -0.05) is 18.2 Å². The predicted octanol–water partition coefficient (Wildman–Crippen LogP) is 2.99. The first-order valence-corrected chi connectivity index (χ1v) is 10.8. The Labute approximate surface area is 204 Å². The second-order valence-corrected chi connectivity index (χ2v) is 7.39. The van der Waals surface area contributed by atoms with Gasteiger partial charge in [-0.15, -0.1) is 0 Å². The van der Waals surface area contributed by atoms with Crippen molar-refractivity contribution in [3.8, 4) is 11.4 Å². The zero-order chi connectivity index (χ0) is 26.3. The van der Waals surface area contributed by atoms with Crippen molar-refractivity contribution in [2.24, 2.45) is 0 Å². The van der Waals surface area contributed by atoms with E-state index < -0.39 is 47.8 Å². The normalized spacial score (nSPS) is 11.9. The number of esters is 1. The Bertz CT molecular complexity index is 1210. The highest BCUT2D eigenvalue weighted by molar-refractivity contribution is 5.98. The lowest BCUT2D eigenvalue weighted by atomic mass is 10.2. The summed E-state index contributed by atoms with van der Waals surface area (Å²) in [6, 6.07) is 12.6. The maximum absolute atomic E-state index is 13.6. The van der Waals surface area contributed by atoms with Crippen molar-refractivity contribution in [2.45, 2.75) is 19.1 Å². The number of carbonyl (C=O) groups excluding carboxylic acids is 3. The summed E-state index contributed by atoms with van der Waals surface area (Å²) in [6.45, 7) is 1.83. The van der Waals surface area contributed by atoms with Crippen LogP contribution in [0.3, 0.4) is 0 Å². The molecule has 36 heavy (non-hydrogen) atoms. The van der Waals surface area contributed by atoms with E-state index in [0.29, 0.717) is 18.0 Å². The van der Waals surface area contributed by atoms with Crippen molar-refractivity contribution in [3.05, 3.63) is 77.6 Å². The molecule has 0 bridgehead atoms. The number of para-hydroxylation sites is 1. The second kappa shape index (κ2) is 11.4.